The first-order chi connectivity index (χ1) is 9.26. The summed E-state index contributed by atoms with van der Waals surface area (Å²) in [6.07, 6.45) is 1.78. The Labute approximate surface area is 127 Å². The second-order valence-corrected chi connectivity index (χ2v) is 6.70. The first-order valence-corrected chi connectivity index (χ1v) is 7.53. The minimum atomic E-state index is 0.102. The van der Waals surface area contributed by atoms with Gasteiger partial charge >= 0.3 is 0 Å². The zero-order valence-corrected chi connectivity index (χ0v) is 13.9. The van der Waals surface area contributed by atoms with E-state index in [0.29, 0.717) is 5.15 Å². The molecule has 0 unspecified atom stereocenters. The highest BCUT2D eigenvalue weighted by Crippen LogP contribution is 2.26. The van der Waals surface area contributed by atoms with Crippen LogP contribution in [0.25, 0.3) is 0 Å². The van der Waals surface area contributed by atoms with Crippen molar-refractivity contribution in [3.05, 3.63) is 16.5 Å². The van der Waals surface area contributed by atoms with Crippen LogP contribution in [0.5, 0.6) is 0 Å². The van der Waals surface area contributed by atoms with Crippen molar-refractivity contribution in [1.29, 1.82) is 0 Å². The lowest BCUT2D eigenvalue weighted by Crippen LogP contribution is -2.24. The number of hydrogen-bond donors (Lipinski definition) is 2. The lowest BCUT2D eigenvalue weighted by atomic mass is 9.88. The maximum atomic E-state index is 8.93. The van der Waals surface area contributed by atoms with Crippen molar-refractivity contribution in [1.82, 2.24) is 9.97 Å². The monoisotopic (exact) mass is 299 g/mol. The summed E-state index contributed by atoms with van der Waals surface area (Å²) in [5.41, 5.74) is 0.985. The third-order valence-electron chi connectivity index (χ3n) is 3.37. The van der Waals surface area contributed by atoms with E-state index in [2.05, 4.69) is 43.0 Å². The van der Waals surface area contributed by atoms with E-state index in [1.807, 2.05) is 6.92 Å². The summed E-state index contributed by atoms with van der Waals surface area (Å²) in [5.74, 6) is 1.82. The molecule has 0 bridgehead atoms. The number of hydrogen-bond acceptors (Lipinski definition) is 4. The van der Waals surface area contributed by atoms with Crippen LogP contribution in [0.1, 0.15) is 57.8 Å². The largest absolute Gasteiger partial charge is 0.396 e. The van der Waals surface area contributed by atoms with Crippen LogP contribution in [0.15, 0.2) is 0 Å². The number of nitrogens with zero attached hydrogens (tertiary/aromatic N) is 2. The molecule has 0 fully saturated rings. The molecule has 1 heterocycles. The van der Waals surface area contributed by atoms with Crippen molar-refractivity contribution in [3.8, 4) is 0 Å². The molecule has 0 spiro atoms. The number of aliphatic hydroxyl groups is 1. The normalized spacial score (nSPS) is 12.0. The topological polar surface area (TPSA) is 58.0 Å². The zero-order valence-electron chi connectivity index (χ0n) is 13.1. The number of aromatic nitrogens is 2. The number of nitrogens with one attached hydrogen (secondary N) is 1. The second-order valence-electron chi connectivity index (χ2n) is 6.35. The van der Waals surface area contributed by atoms with Gasteiger partial charge in [0.1, 0.15) is 16.8 Å². The summed E-state index contributed by atoms with van der Waals surface area (Å²) in [6, 6.07) is 0. The Balaban J connectivity index is 2.81. The highest BCUT2D eigenvalue weighted by atomic mass is 35.5. The van der Waals surface area contributed by atoms with E-state index in [4.69, 9.17) is 16.7 Å². The van der Waals surface area contributed by atoms with Crippen LogP contribution in [-0.4, -0.2) is 28.2 Å². The molecule has 20 heavy (non-hydrogen) atoms. The zero-order chi connectivity index (χ0) is 15.3. The van der Waals surface area contributed by atoms with E-state index in [9.17, 15) is 0 Å². The van der Waals surface area contributed by atoms with Gasteiger partial charge in [0.2, 0.25) is 0 Å². The molecule has 0 aliphatic heterocycles. The van der Waals surface area contributed by atoms with E-state index in [1.54, 1.807) is 0 Å². The Bertz CT molecular complexity index is 447. The average Bonchev–Trinajstić information content (AvgIpc) is 2.37. The van der Waals surface area contributed by atoms with Gasteiger partial charge in [0.05, 0.1) is 0 Å². The minimum Gasteiger partial charge on any atom is -0.396 e. The van der Waals surface area contributed by atoms with Crippen molar-refractivity contribution in [2.45, 2.75) is 53.4 Å². The lowest BCUT2D eigenvalue weighted by molar-refractivity contribution is 0.248. The van der Waals surface area contributed by atoms with Gasteiger partial charge in [-0.1, -0.05) is 39.3 Å². The van der Waals surface area contributed by atoms with E-state index < -0.39 is 0 Å². The Morgan fingerprint density at radius 2 is 1.95 bits per heavy atom. The Hall–Kier alpha value is -0.870. The van der Waals surface area contributed by atoms with E-state index >= 15 is 0 Å². The van der Waals surface area contributed by atoms with Crippen LogP contribution in [0.2, 0.25) is 5.15 Å². The Kier molecular flexibility index (Phi) is 6.21. The number of anilines is 1. The molecule has 2 N–H and O–H groups in total. The molecular weight excluding hydrogens is 274 g/mol. The van der Waals surface area contributed by atoms with Crippen LogP contribution in [0, 0.1) is 12.3 Å². The molecule has 0 saturated heterocycles. The van der Waals surface area contributed by atoms with Crippen LogP contribution < -0.4 is 5.32 Å². The summed E-state index contributed by atoms with van der Waals surface area (Å²) in [6.45, 7) is 11.4. The molecular formula is C15H26ClN3O. The molecule has 0 aliphatic rings. The molecule has 1 aromatic rings. The number of halogens is 1. The lowest BCUT2D eigenvalue weighted by Gasteiger charge is -2.25. The number of aliphatic hydroxyl groups excluding tert-OH is 1. The summed E-state index contributed by atoms with van der Waals surface area (Å²) in [4.78, 5) is 8.87. The standard InChI is InChI=1S/C15H26ClN3O/c1-10(2)13-18-12(16)11(3)14(19-13)17-9-15(4,5)7-6-8-20/h10,20H,6-9H2,1-5H3,(H,17,18,19). The smallest absolute Gasteiger partial charge is 0.137 e. The van der Waals surface area contributed by atoms with Gasteiger partial charge in [-0.3, -0.25) is 0 Å². The predicted molar refractivity (Wildman–Crippen MR) is 84.5 cm³/mol. The summed E-state index contributed by atoms with van der Waals surface area (Å²) in [7, 11) is 0. The van der Waals surface area contributed by atoms with Gasteiger partial charge in [0, 0.05) is 24.6 Å². The fraction of sp³-hybridized carbons (Fsp3) is 0.733. The summed E-state index contributed by atoms with van der Waals surface area (Å²) in [5, 5.41) is 12.8. The molecule has 0 amide bonds. The Morgan fingerprint density at radius 1 is 1.30 bits per heavy atom. The van der Waals surface area contributed by atoms with Gasteiger partial charge in [-0.15, -0.1) is 0 Å². The van der Waals surface area contributed by atoms with Gasteiger partial charge in [-0.2, -0.15) is 0 Å². The van der Waals surface area contributed by atoms with Gasteiger partial charge in [0.15, 0.2) is 0 Å². The van der Waals surface area contributed by atoms with Crippen molar-refractivity contribution in [2.75, 3.05) is 18.5 Å². The van der Waals surface area contributed by atoms with Crippen LogP contribution in [0.4, 0.5) is 5.82 Å². The van der Waals surface area contributed by atoms with Crippen molar-refractivity contribution < 1.29 is 5.11 Å². The van der Waals surface area contributed by atoms with E-state index in [-0.39, 0.29) is 17.9 Å². The van der Waals surface area contributed by atoms with Crippen molar-refractivity contribution >= 4 is 17.4 Å². The SMILES string of the molecule is Cc1c(Cl)nc(C(C)C)nc1NCC(C)(C)CCCO. The molecule has 0 aliphatic carbocycles. The third-order valence-corrected chi connectivity index (χ3v) is 3.73. The van der Waals surface area contributed by atoms with Crippen molar-refractivity contribution in [3.63, 3.8) is 0 Å². The second kappa shape index (κ2) is 7.23. The van der Waals surface area contributed by atoms with Gasteiger partial charge in [-0.05, 0) is 25.2 Å². The molecule has 114 valence electrons. The summed E-state index contributed by atoms with van der Waals surface area (Å²) >= 11 is 6.17. The molecule has 1 rings (SSSR count). The van der Waals surface area contributed by atoms with Crippen LogP contribution in [0.3, 0.4) is 0 Å². The quantitative estimate of drug-likeness (QED) is 0.752. The first-order valence-electron chi connectivity index (χ1n) is 7.15. The summed E-state index contributed by atoms with van der Waals surface area (Å²) < 4.78 is 0. The maximum absolute atomic E-state index is 8.93. The molecule has 0 aromatic carbocycles. The fourth-order valence-electron chi connectivity index (χ4n) is 1.90. The average molecular weight is 300 g/mol. The van der Waals surface area contributed by atoms with Gasteiger partial charge in [-0.25, -0.2) is 9.97 Å². The molecule has 0 radical (unpaired) electrons. The number of rotatable bonds is 7. The van der Waals surface area contributed by atoms with Crippen LogP contribution >= 0.6 is 11.6 Å². The van der Waals surface area contributed by atoms with Gasteiger partial charge < -0.3 is 10.4 Å². The Morgan fingerprint density at radius 3 is 2.50 bits per heavy atom. The van der Waals surface area contributed by atoms with Gasteiger partial charge in [0.25, 0.3) is 0 Å². The minimum absolute atomic E-state index is 0.102. The highest BCUT2D eigenvalue weighted by molar-refractivity contribution is 6.30. The highest BCUT2D eigenvalue weighted by Gasteiger charge is 2.19. The molecule has 4 nitrogen and oxygen atoms in total. The molecule has 1 aromatic heterocycles. The van der Waals surface area contributed by atoms with E-state index in [1.165, 1.54) is 0 Å². The molecule has 0 saturated carbocycles. The van der Waals surface area contributed by atoms with Crippen molar-refractivity contribution in [2.24, 2.45) is 5.41 Å². The fourth-order valence-corrected chi connectivity index (χ4v) is 2.08. The maximum Gasteiger partial charge on any atom is 0.137 e. The molecule has 0 atom stereocenters. The van der Waals surface area contributed by atoms with Crippen LogP contribution in [-0.2, 0) is 0 Å². The molecule has 5 heteroatoms. The first kappa shape index (κ1) is 17.2. The predicted octanol–water partition coefficient (Wildman–Crippen LogP) is 3.77. The third kappa shape index (κ3) is 4.91. The van der Waals surface area contributed by atoms with E-state index in [0.717, 1.165) is 36.6 Å².